The summed E-state index contributed by atoms with van der Waals surface area (Å²) in [7, 11) is 0. The second-order valence-electron chi connectivity index (χ2n) is 5.28. The van der Waals surface area contributed by atoms with Gasteiger partial charge >= 0.3 is 0 Å². The fourth-order valence-electron chi connectivity index (χ4n) is 2.20. The minimum Gasteiger partial charge on any atom is -0.370 e. The van der Waals surface area contributed by atoms with Crippen LogP contribution in [0.1, 0.15) is 24.4 Å². The quantitative estimate of drug-likeness (QED) is 0.864. The number of hydrogen-bond donors (Lipinski definition) is 2. The number of carbonyl (C=O) groups is 1. The number of nitrogens with one attached hydrogen (secondary N) is 2. The lowest BCUT2D eigenvalue weighted by Crippen LogP contribution is -2.34. The van der Waals surface area contributed by atoms with Crippen molar-refractivity contribution in [2.45, 2.75) is 24.9 Å². The molecule has 0 spiro atoms. The highest BCUT2D eigenvalue weighted by Crippen LogP contribution is 2.25. The molecule has 2 aromatic carbocycles. The van der Waals surface area contributed by atoms with E-state index in [1.54, 1.807) is 0 Å². The number of anilines is 1. The molecule has 1 atom stereocenters. The molecule has 21 heavy (non-hydrogen) atoms. The highest BCUT2D eigenvalue weighted by Gasteiger charge is 2.28. The first-order chi connectivity index (χ1) is 10.2. The van der Waals surface area contributed by atoms with Crippen molar-refractivity contribution in [2.75, 3.05) is 5.32 Å². The van der Waals surface area contributed by atoms with Crippen molar-refractivity contribution in [1.29, 1.82) is 0 Å². The van der Waals surface area contributed by atoms with E-state index in [-0.39, 0.29) is 11.9 Å². The van der Waals surface area contributed by atoms with Crippen LogP contribution in [0.5, 0.6) is 0 Å². The van der Waals surface area contributed by atoms with Gasteiger partial charge < -0.3 is 10.6 Å². The maximum atomic E-state index is 12.5. The Morgan fingerprint density at radius 1 is 1.10 bits per heavy atom. The highest BCUT2D eigenvalue weighted by molar-refractivity contribution is 9.10. The second kappa shape index (κ2) is 6.31. The van der Waals surface area contributed by atoms with E-state index in [1.165, 1.54) is 0 Å². The summed E-state index contributed by atoms with van der Waals surface area (Å²) in [6, 6.07) is 17.6. The van der Waals surface area contributed by atoms with Gasteiger partial charge in [0.15, 0.2) is 0 Å². The van der Waals surface area contributed by atoms with Crippen molar-refractivity contribution in [3.63, 3.8) is 0 Å². The van der Waals surface area contributed by atoms with Crippen LogP contribution < -0.4 is 10.6 Å². The van der Waals surface area contributed by atoms with E-state index < -0.39 is 0 Å². The number of rotatable bonds is 5. The van der Waals surface area contributed by atoms with Crippen molar-refractivity contribution < 1.29 is 4.79 Å². The van der Waals surface area contributed by atoms with E-state index >= 15 is 0 Å². The molecule has 0 bridgehead atoms. The Morgan fingerprint density at radius 2 is 1.86 bits per heavy atom. The molecular formula is C17H17BrN2O. The van der Waals surface area contributed by atoms with Crippen molar-refractivity contribution in [3.8, 4) is 0 Å². The molecule has 4 heteroatoms. The summed E-state index contributed by atoms with van der Waals surface area (Å²) in [5.41, 5.74) is 1.89. The molecule has 3 rings (SSSR count). The molecule has 2 N–H and O–H groups in total. The lowest BCUT2D eigenvalue weighted by atomic mass is 10.1. The maximum absolute atomic E-state index is 12.5. The molecule has 0 aromatic heterocycles. The summed E-state index contributed by atoms with van der Waals surface area (Å²) in [6.45, 7) is 0. The predicted molar refractivity (Wildman–Crippen MR) is 88.1 cm³/mol. The van der Waals surface area contributed by atoms with Gasteiger partial charge in [-0.25, -0.2) is 0 Å². The Labute approximate surface area is 132 Å². The zero-order valence-corrected chi connectivity index (χ0v) is 13.1. The zero-order valence-electron chi connectivity index (χ0n) is 11.6. The van der Waals surface area contributed by atoms with Crippen molar-refractivity contribution in [2.24, 2.45) is 0 Å². The van der Waals surface area contributed by atoms with Crippen LogP contribution in [0.3, 0.4) is 0 Å². The third-order valence-electron chi connectivity index (χ3n) is 3.45. The number of carbonyl (C=O) groups excluding carboxylic acids is 1. The van der Waals surface area contributed by atoms with Crippen LogP contribution in [0.2, 0.25) is 0 Å². The van der Waals surface area contributed by atoms with E-state index in [0.29, 0.717) is 6.04 Å². The molecule has 0 heterocycles. The minimum absolute atomic E-state index is 0.0312. The first kappa shape index (κ1) is 14.1. The summed E-state index contributed by atoms with van der Waals surface area (Å²) in [6.07, 6.45) is 2.17. The van der Waals surface area contributed by atoms with E-state index in [1.807, 2.05) is 54.6 Å². The van der Waals surface area contributed by atoms with Gasteiger partial charge in [-0.2, -0.15) is 0 Å². The van der Waals surface area contributed by atoms with E-state index in [0.717, 1.165) is 28.6 Å². The van der Waals surface area contributed by atoms with Gasteiger partial charge in [0, 0.05) is 16.2 Å². The third-order valence-corrected chi connectivity index (χ3v) is 3.95. The van der Waals surface area contributed by atoms with Gasteiger partial charge in [-0.15, -0.1) is 0 Å². The van der Waals surface area contributed by atoms with Crippen molar-refractivity contribution in [1.82, 2.24) is 5.32 Å². The predicted octanol–water partition coefficient (Wildman–Crippen LogP) is 3.88. The Morgan fingerprint density at radius 3 is 2.52 bits per heavy atom. The molecule has 108 valence electrons. The average molecular weight is 345 g/mol. The SMILES string of the molecule is O=C(NC1CC1)C(Nc1cccc(Br)c1)c1ccccc1. The number of halogens is 1. The van der Waals surface area contributed by atoms with Gasteiger partial charge in [0.1, 0.15) is 6.04 Å². The van der Waals surface area contributed by atoms with E-state index in [9.17, 15) is 4.79 Å². The minimum atomic E-state index is -0.374. The molecule has 1 aliphatic carbocycles. The van der Waals surface area contributed by atoms with Crippen LogP contribution in [0.4, 0.5) is 5.69 Å². The molecule has 1 aliphatic rings. The summed E-state index contributed by atoms with van der Waals surface area (Å²) in [5, 5.41) is 6.40. The standard InChI is InChI=1S/C17H17BrN2O/c18-13-7-4-8-15(11-13)19-16(12-5-2-1-3-6-12)17(21)20-14-9-10-14/h1-8,11,14,16,19H,9-10H2,(H,20,21). The molecule has 1 fully saturated rings. The van der Waals surface area contributed by atoms with Crippen molar-refractivity contribution >= 4 is 27.5 Å². The first-order valence-corrected chi connectivity index (χ1v) is 7.89. The van der Waals surface area contributed by atoms with Gasteiger partial charge in [-0.05, 0) is 36.6 Å². The summed E-state index contributed by atoms with van der Waals surface area (Å²) >= 11 is 3.46. The normalized spacial score (nSPS) is 15.3. The Hall–Kier alpha value is -1.81. The Kier molecular flexibility index (Phi) is 4.25. The molecule has 0 aliphatic heterocycles. The molecule has 0 radical (unpaired) electrons. The van der Waals surface area contributed by atoms with Gasteiger partial charge in [0.25, 0.3) is 0 Å². The molecule has 1 unspecified atom stereocenters. The molecule has 1 saturated carbocycles. The summed E-state index contributed by atoms with van der Waals surface area (Å²) < 4.78 is 0.988. The van der Waals surface area contributed by atoms with E-state index in [2.05, 4.69) is 26.6 Å². The van der Waals surface area contributed by atoms with Crippen LogP contribution in [-0.2, 0) is 4.79 Å². The van der Waals surface area contributed by atoms with Crippen LogP contribution in [0.25, 0.3) is 0 Å². The second-order valence-corrected chi connectivity index (χ2v) is 6.20. The number of benzene rings is 2. The van der Waals surface area contributed by atoms with Crippen LogP contribution in [0, 0.1) is 0 Å². The molecule has 2 aromatic rings. The molecule has 3 nitrogen and oxygen atoms in total. The monoisotopic (exact) mass is 344 g/mol. The first-order valence-electron chi connectivity index (χ1n) is 7.10. The lowest BCUT2D eigenvalue weighted by Gasteiger charge is -2.20. The Bertz CT molecular complexity index is 626. The zero-order chi connectivity index (χ0) is 14.7. The van der Waals surface area contributed by atoms with Gasteiger partial charge in [0.05, 0.1) is 0 Å². The van der Waals surface area contributed by atoms with Gasteiger partial charge in [-0.3, -0.25) is 4.79 Å². The molecular weight excluding hydrogens is 328 g/mol. The summed E-state index contributed by atoms with van der Waals surface area (Å²) in [5.74, 6) is 0.0312. The fraction of sp³-hybridized carbons (Fsp3) is 0.235. The molecule has 1 amide bonds. The van der Waals surface area contributed by atoms with Crippen LogP contribution in [0.15, 0.2) is 59.1 Å². The van der Waals surface area contributed by atoms with Gasteiger partial charge in [-0.1, -0.05) is 52.3 Å². The van der Waals surface area contributed by atoms with E-state index in [4.69, 9.17) is 0 Å². The third kappa shape index (κ3) is 3.85. The van der Waals surface area contributed by atoms with Crippen LogP contribution >= 0.6 is 15.9 Å². The Balaban J connectivity index is 1.82. The summed E-state index contributed by atoms with van der Waals surface area (Å²) in [4.78, 5) is 12.5. The molecule has 0 saturated heterocycles. The average Bonchev–Trinajstić information content (AvgIpc) is 3.29. The van der Waals surface area contributed by atoms with Crippen molar-refractivity contribution in [3.05, 3.63) is 64.6 Å². The largest absolute Gasteiger partial charge is 0.370 e. The van der Waals surface area contributed by atoms with Gasteiger partial charge in [0.2, 0.25) is 5.91 Å². The highest BCUT2D eigenvalue weighted by atomic mass is 79.9. The topological polar surface area (TPSA) is 41.1 Å². The maximum Gasteiger partial charge on any atom is 0.247 e. The van der Waals surface area contributed by atoms with Crippen LogP contribution in [-0.4, -0.2) is 11.9 Å². The number of hydrogen-bond acceptors (Lipinski definition) is 2. The fourth-order valence-corrected chi connectivity index (χ4v) is 2.60. The lowest BCUT2D eigenvalue weighted by molar-refractivity contribution is -0.122. The smallest absolute Gasteiger partial charge is 0.247 e. The number of amides is 1.